The maximum atomic E-state index is 12.9. The summed E-state index contributed by atoms with van der Waals surface area (Å²) < 4.78 is 39.5. The Morgan fingerprint density at radius 3 is 2.38 bits per heavy atom. The molecular formula is C15H12BrClF3N. The van der Waals surface area contributed by atoms with Gasteiger partial charge in [0.2, 0.25) is 0 Å². The van der Waals surface area contributed by atoms with Crippen molar-refractivity contribution >= 4 is 27.5 Å². The lowest BCUT2D eigenvalue weighted by atomic mass is 10.1. The fraction of sp³-hybridized carbons (Fsp3) is 0.200. The van der Waals surface area contributed by atoms with Crippen molar-refractivity contribution in [3.8, 4) is 0 Å². The van der Waals surface area contributed by atoms with E-state index in [1.54, 1.807) is 18.2 Å². The number of halogens is 5. The van der Waals surface area contributed by atoms with E-state index in [9.17, 15) is 13.2 Å². The molecule has 1 N–H and O–H groups in total. The van der Waals surface area contributed by atoms with Crippen LogP contribution in [0.15, 0.2) is 46.9 Å². The molecule has 2 rings (SSSR count). The van der Waals surface area contributed by atoms with Gasteiger partial charge in [-0.1, -0.05) is 45.7 Å². The van der Waals surface area contributed by atoms with Crippen molar-refractivity contribution in [3.63, 3.8) is 0 Å². The minimum Gasteiger partial charge on any atom is -0.309 e. The van der Waals surface area contributed by atoms with Gasteiger partial charge in [0.05, 0.1) is 5.56 Å². The number of nitrogens with one attached hydrogen (secondary N) is 1. The minimum absolute atomic E-state index is 0.134. The van der Waals surface area contributed by atoms with E-state index < -0.39 is 11.7 Å². The van der Waals surface area contributed by atoms with Gasteiger partial charge in [0, 0.05) is 22.6 Å². The Balaban J connectivity index is 2.06. The van der Waals surface area contributed by atoms with E-state index in [1.807, 2.05) is 6.07 Å². The third-order valence-corrected chi connectivity index (χ3v) is 3.97. The summed E-state index contributed by atoms with van der Waals surface area (Å²) in [4.78, 5) is 0. The molecule has 1 nitrogen and oxygen atoms in total. The molecular weight excluding hydrogens is 367 g/mol. The van der Waals surface area contributed by atoms with Crippen molar-refractivity contribution in [1.29, 1.82) is 0 Å². The Labute approximate surface area is 134 Å². The van der Waals surface area contributed by atoms with Gasteiger partial charge < -0.3 is 5.32 Å². The Kier molecular flexibility index (Phi) is 5.30. The molecule has 0 aliphatic rings. The molecule has 6 heteroatoms. The molecule has 0 saturated carbocycles. The number of hydrogen-bond donors (Lipinski definition) is 1. The quantitative estimate of drug-likeness (QED) is 0.750. The molecule has 0 heterocycles. The van der Waals surface area contributed by atoms with Crippen molar-refractivity contribution in [2.45, 2.75) is 19.3 Å². The molecule has 112 valence electrons. The fourth-order valence-electron chi connectivity index (χ4n) is 1.96. The molecule has 0 unspecified atom stereocenters. The molecule has 0 fully saturated rings. The number of rotatable bonds is 4. The second-order valence-electron chi connectivity index (χ2n) is 4.49. The summed E-state index contributed by atoms with van der Waals surface area (Å²) in [7, 11) is 0. The Morgan fingerprint density at radius 2 is 1.67 bits per heavy atom. The van der Waals surface area contributed by atoms with Crippen molar-refractivity contribution in [2.75, 3.05) is 0 Å². The molecule has 2 aromatic rings. The highest BCUT2D eigenvalue weighted by Gasteiger charge is 2.32. The van der Waals surface area contributed by atoms with Crippen molar-refractivity contribution < 1.29 is 13.2 Å². The number of alkyl halides is 3. The average molecular weight is 379 g/mol. The van der Waals surface area contributed by atoms with Crippen molar-refractivity contribution in [2.24, 2.45) is 0 Å². The highest BCUT2D eigenvalue weighted by molar-refractivity contribution is 9.10. The zero-order valence-electron chi connectivity index (χ0n) is 10.8. The van der Waals surface area contributed by atoms with Crippen LogP contribution in [0.3, 0.4) is 0 Å². The maximum Gasteiger partial charge on any atom is 0.416 e. The van der Waals surface area contributed by atoms with Crippen LogP contribution in [-0.4, -0.2) is 0 Å². The Bertz CT molecular complexity index is 629. The van der Waals surface area contributed by atoms with Gasteiger partial charge >= 0.3 is 6.18 Å². The summed E-state index contributed by atoms with van der Waals surface area (Å²) in [6, 6.07) is 10.9. The second kappa shape index (κ2) is 6.81. The average Bonchev–Trinajstić information content (AvgIpc) is 2.42. The molecule has 0 spiro atoms. The Hall–Kier alpha value is -1.04. The predicted molar refractivity (Wildman–Crippen MR) is 81.1 cm³/mol. The van der Waals surface area contributed by atoms with Gasteiger partial charge in [-0.3, -0.25) is 0 Å². The number of benzene rings is 2. The van der Waals surface area contributed by atoms with E-state index in [-0.39, 0.29) is 12.1 Å². The summed E-state index contributed by atoms with van der Waals surface area (Å²) in [5.41, 5.74) is 0.512. The lowest BCUT2D eigenvalue weighted by Crippen LogP contribution is -2.17. The van der Waals surface area contributed by atoms with Gasteiger partial charge in [-0.25, -0.2) is 0 Å². The Morgan fingerprint density at radius 1 is 1.00 bits per heavy atom. The van der Waals surface area contributed by atoms with Gasteiger partial charge in [-0.2, -0.15) is 13.2 Å². The lowest BCUT2D eigenvalue weighted by molar-refractivity contribution is -0.138. The first-order chi connectivity index (χ1) is 9.88. The summed E-state index contributed by atoms with van der Waals surface area (Å²) >= 11 is 9.28. The first-order valence-electron chi connectivity index (χ1n) is 6.17. The molecule has 21 heavy (non-hydrogen) atoms. The van der Waals surface area contributed by atoms with E-state index in [4.69, 9.17) is 11.6 Å². The summed E-state index contributed by atoms with van der Waals surface area (Å²) in [6.07, 6.45) is -4.34. The van der Waals surface area contributed by atoms with E-state index in [0.29, 0.717) is 11.6 Å². The largest absolute Gasteiger partial charge is 0.416 e. The van der Waals surface area contributed by atoms with Crippen molar-refractivity contribution in [3.05, 3.63) is 68.7 Å². The molecule has 2 aromatic carbocycles. The molecule has 0 aliphatic heterocycles. The first kappa shape index (κ1) is 16.3. The molecule has 0 aromatic heterocycles. The lowest BCUT2D eigenvalue weighted by Gasteiger charge is -2.13. The number of hydrogen-bond acceptors (Lipinski definition) is 1. The van der Waals surface area contributed by atoms with Gasteiger partial charge in [-0.15, -0.1) is 0 Å². The summed E-state index contributed by atoms with van der Waals surface area (Å²) in [5, 5.41) is 3.60. The topological polar surface area (TPSA) is 12.0 Å². The standard InChI is InChI=1S/C15H12BrClF3N/c16-14-6-5-12(17)7-11(14)9-21-8-10-3-1-2-4-13(10)15(18,19)20/h1-7,21H,8-9H2. The SMILES string of the molecule is FC(F)(F)c1ccccc1CNCc1cc(Cl)ccc1Br. The smallest absolute Gasteiger partial charge is 0.309 e. The van der Waals surface area contributed by atoms with Gasteiger partial charge in [-0.05, 0) is 35.4 Å². The normalized spacial score (nSPS) is 11.7. The highest BCUT2D eigenvalue weighted by Crippen LogP contribution is 2.31. The monoisotopic (exact) mass is 377 g/mol. The molecule has 0 amide bonds. The van der Waals surface area contributed by atoms with Crippen LogP contribution in [0.25, 0.3) is 0 Å². The molecule has 0 radical (unpaired) electrons. The van der Waals surface area contributed by atoms with E-state index in [2.05, 4.69) is 21.2 Å². The van der Waals surface area contributed by atoms with Gasteiger partial charge in [0.15, 0.2) is 0 Å². The third kappa shape index (κ3) is 4.46. The van der Waals surface area contributed by atoms with Crippen LogP contribution >= 0.6 is 27.5 Å². The van der Waals surface area contributed by atoms with Crippen LogP contribution in [0.2, 0.25) is 5.02 Å². The second-order valence-corrected chi connectivity index (χ2v) is 5.78. The van der Waals surface area contributed by atoms with Crippen LogP contribution < -0.4 is 5.32 Å². The van der Waals surface area contributed by atoms with E-state index in [0.717, 1.165) is 16.1 Å². The van der Waals surface area contributed by atoms with Gasteiger partial charge in [0.1, 0.15) is 0 Å². The fourth-order valence-corrected chi connectivity index (χ4v) is 2.54. The molecule has 0 bridgehead atoms. The van der Waals surface area contributed by atoms with Crippen LogP contribution in [0.5, 0.6) is 0 Å². The van der Waals surface area contributed by atoms with Crippen LogP contribution in [0, 0.1) is 0 Å². The van der Waals surface area contributed by atoms with Gasteiger partial charge in [0.25, 0.3) is 0 Å². The van der Waals surface area contributed by atoms with E-state index >= 15 is 0 Å². The molecule has 0 saturated heterocycles. The third-order valence-electron chi connectivity index (χ3n) is 2.96. The zero-order chi connectivity index (χ0) is 15.5. The molecule has 0 aliphatic carbocycles. The van der Waals surface area contributed by atoms with Crippen molar-refractivity contribution in [1.82, 2.24) is 5.32 Å². The maximum absolute atomic E-state index is 12.9. The predicted octanol–water partition coefficient (Wildman–Crippen LogP) is 5.41. The summed E-state index contributed by atoms with van der Waals surface area (Å²) in [5.74, 6) is 0. The first-order valence-corrected chi connectivity index (χ1v) is 7.35. The molecule has 0 atom stereocenters. The highest BCUT2D eigenvalue weighted by atomic mass is 79.9. The summed E-state index contributed by atoms with van der Waals surface area (Å²) in [6.45, 7) is 0.558. The van der Waals surface area contributed by atoms with E-state index in [1.165, 1.54) is 12.1 Å². The van der Waals surface area contributed by atoms with Crippen LogP contribution in [0.4, 0.5) is 13.2 Å². The van der Waals surface area contributed by atoms with Crippen LogP contribution in [-0.2, 0) is 19.3 Å². The minimum atomic E-state index is -4.34. The zero-order valence-corrected chi connectivity index (χ0v) is 13.2. The van der Waals surface area contributed by atoms with Crippen LogP contribution in [0.1, 0.15) is 16.7 Å².